The van der Waals surface area contributed by atoms with Gasteiger partial charge in [-0.05, 0) is 32.9 Å². The predicted octanol–water partition coefficient (Wildman–Crippen LogP) is 1.70. The van der Waals surface area contributed by atoms with Gasteiger partial charge in [-0.15, -0.1) is 0 Å². The van der Waals surface area contributed by atoms with Crippen LogP contribution < -0.4 is 4.74 Å². The number of hydrogen-bond donors (Lipinski definition) is 1. The molecule has 1 amide bonds. The summed E-state index contributed by atoms with van der Waals surface area (Å²) >= 11 is 0. The molecule has 1 aromatic rings. The zero-order valence-corrected chi connectivity index (χ0v) is 11.4. The second kappa shape index (κ2) is 6.78. The third-order valence-corrected chi connectivity index (χ3v) is 2.70. The quantitative estimate of drug-likeness (QED) is 0.850. The summed E-state index contributed by atoms with van der Waals surface area (Å²) < 4.78 is 5.51. The van der Waals surface area contributed by atoms with E-state index in [1.165, 1.54) is 4.90 Å². The largest absolute Gasteiger partial charge is 0.481 e. The summed E-state index contributed by atoms with van der Waals surface area (Å²) in [6.07, 6.45) is -0.706. The van der Waals surface area contributed by atoms with Gasteiger partial charge in [0.2, 0.25) is 0 Å². The van der Waals surface area contributed by atoms with Gasteiger partial charge in [0.15, 0.2) is 6.10 Å². The highest BCUT2D eigenvalue weighted by Gasteiger charge is 2.22. The van der Waals surface area contributed by atoms with Gasteiger partial charge in [0.05, 0.1) is 0 Å². The van der Waals surface area contributed by atoms with Crippen molar-refractivity contribution >= 4 is 11.9 Å². The Hall–Kier alpha value is -2.04. The molecule has 0 aliphatic carbocycles. The number of amides is 1. The predicted molar refractivity (Wildman–Crippen MR) is 71.2 cm³/mol. The number of benzene rings is 1. The summed E-state index contributed by atoms with van der Waals surface area (Å²) in [6.45, 7) is 5.35. The molecule has 0 aliphatic rings. The van der Waals surface area contributed by atoms with Gasteiger partial charge in [0, 0.05) is 6.54 Å². The van der Waals surface area contributed by atoms with E-state index in [0.29, 0.717) is 12.3 Å². The Morgan fingerprint density at radius 3 is 2.37 bits per heavy atom. The van der Waals surface area contributed by atoms with E-state index in [1.807, 2.05) is 19.1 Å². The SMILES string of the molecule is CCN(CC(=O)O)C(=O)C(C)Oc1ccc(C)cc1. The minimum absolute atomic E-state index is 0.309. The summed E-state index contributed by atoms with van der Waals surface area (Å²) in [4.78, 5) is 23.9. The molecule has 1 unspecified atom stereocenters. The van der Waals surface area contributed by atoms with E-state index in [0.717, 1.165) is 5.56 Å². The van der Waals surface area contributed by atoms with E-state index in [4.69, 9.17) is 9.84 Å². The molecule has 0 saturated heterocycles. The van der Waals surface area contributed by atoms with Crippen molar-refractivity contribution in [2.45, 2.75) is 26.9 Å². The number of aliphatic carboxylic acids is 1. The lowest BCUT2D eigenvalue weighted by Gasteiger charge is -2.23. The normalized spacial score (nSPS) is 11.7. The second-order valence-electron chi connectivity index (χ2n) is 4.32. The number of ether oxygens (including phenoxy) is 1. The number of likely N-dealkylation sites (N-methyl/N-ethyl adjacent to an activating group) is 1. The van der Waals surface area contributed by atoms with Crippen molar-refractivity contribution < 1.29 is 19.4 Å². The van der Waals surface area contributed by atoms with Gasteiger partial charge in [0.25, 0.3) is 5.91 Å². The number of carboxylic acid groups (broad SMARTS) is 1. The van der Waals surface area contributed by atoms with Crippen LogP contribution in [0.4, 0.5) is 0 Å². The van der Waals surface area contributed by atoms with Gasteiger partial charge in [-0.2, -0.15) is 0 Å². The summed E-state index contributed by atoms with van der Waals surface area (Å²) in [7, 11) is 0. The molecule has 1 aromatic carbocycles. The molecule has 0 bridgehead atoms. The van der Waals surface area contributed by atoms with Crippen LogP contribution >= 0.6 is 0 Å². The van der Waals surface area contributed by atoms with Crippen LogP contribution in [0.5, 0.6) is 5.75 Å². The molecular formula is C14H19NO4. The monoisotopic (exact) mass is 265 g/mol. The van der Waals surface area contributed by atoms with E-state index in [2.05, 4.69) is 0 Å². The van der Waals surface area contributed by atoms with Gasteiger partial charge in [-0.3, -0.25) is 9.59 Å². The maximum Gasteiger partial charge on any atom is 0.323 e. The van der Waals surface area contributed by atoms with Gasteiger partial charge in [-0.25, -0.2) is 0 Å². The molecule has 5 nitrogen and oxygen atoms in total. The van der Waals surface area contributed by atoms with Gasteiger partial charge in [-0.1, -0.05) is 17.7 Å². The van der Waals surface area contributed by atoms with Crippen molar-refractivity contribution in [1.29, 1.82) is 0 Å². The lowest BCUT2D eigenvalue weighted by molar-refractivity contribution is -0.147. The van der Waals surface area contributed by atoms with Crippen LogP contribution in [0, 0.1) is 6.92 Å². The Balaban J connectivity index is 2.65. The molecule has 1 N–H and O–H groups in total. The molecule has 0 heterocycles. The van der Waals surface area contributed by atoms with Crippen molar-refractivity contribution in [3.63, 3.8) is 0 Å². The highest BCUT2D eigenvalue weighted by atomic mass is 16.5. The third-order valence-electron chi connectivity index (χ3n) is 2.70. The first kappa shape index (κ1) is 15.0. The van der Waals surface area contributed by atoms with Crippen molar-refractivity contribution in [3.05, 3.63) is 29.8 Å². The average molecular weight is 265 g/mol. The van der Waals surface area contributed by atoms with E-state index < -0.39 is 12.1 Å². The van der Waals surface area contributed by atoms with Crippen LogP contribution in [0.1, 0.15) is 19.4 Å². The summed E-state index contributed by atoms with van der Waals surface area (Å²) in [5.41, 5.74) is 1.10. The van der Waals surface area contributed by atoms with E-state index in [1.54, 1.807) is 26.0 Å². The molecule has 0 aromatic heterocycles. The molecule has 1 atom stereocenters. The lowest BCUT2D eigenvalue weighted by Crippen LogP contribution is -2.43. The number of nitrogens with zero attached hydrogens (tertiary/aromatic N) is 1. The van der Waals surface area contributed by atoms with Crippen molar-refractivity contribution in [3.8, 4) is 5.75 Å². The van der Waals surface area contributed by atoms with Crippen LogP contribution in [0.15, 0.2) is 24.3 Å². The van der Waals surface area contributed by atoms with Crippen molar-refractivity contribution in [2.75, 3.05) is 13.1 Å². The van der Waals surface area contributed by atoms with Crippen LogP contribution in [-0.2, 0) is 9.59 Å². The van der Waals surface area contributed by atoms with Gasteiger partial charge < -0.3 is 14.7 Å². The Labute approximate surface area is 112 Å². The Bertz CT molecular complexity index is 441. The molecule has 0 saturated carbocycles. The number of rotatable bonds is 6. The van der Waals surface area contributed by atoms with Crippen LogP contribution in [0.25, 0.3) is 0 Å². The minimum atomic E-state index is -1.03. The summed E-state index contributed by atoms with van der Waals surface area (Å²) in [5, 5.41) is 8.73. The molecule has 0 spiro atoms. The molecule has 104 valence electrons. The first-order valence-corrected chi connectivity index (χ1v) is 6.18. The number of aryl methyl sites for hydroxylation is 1. The van der Waals surface area contributed by atoms with Crippen LogP contribution in [0.3, 0.4) is 0 Å². The maximum absolute atomic E-state index is 12.0. The Morgan fingerprint density at radius 2 is 1.89 bits per heavy atom. The zero-order chi connectivity index (χ0) is 14.4. The smallest absolute Gasteiger partial charge is 0.323 e. The Morgan fingerprint density at radius 1 is 1.32 bits per heavy atom. The van der Waals surface area contributed by atoms with Gasteiger partial charge in [0.1, 0.15) is 12.3 Å². The highest BCUT2D eigenvalue weighted by molar-refractivity contribution is 5.84. The fraction of sp³-hybridized carbons (Fsp3) is 0.429. The van der Waals surface area contributed by atoms with Crippen molar-refractivity contribution in [1.82, 2.24) is 4.90 Å². The lowest BCUT2D eigenvalue weighted by atomic mass is 10.2. The Kier molecular flexibility index (Phi) is 5.36. The number of carbonyl (C=O) groups excluding carboxylic acids is 1. The number of hydrogen-bond acceptors (Lipinski definition) is 3. The van der Waals surface area contributed by atoms with Gasteiger partial charge >= 0.3 is 5.97 Å². The average Bonchev–Trinajstić information content (AvgIpc) is 2.37. The molecule has 19 heavy (non-hydrogen) atoms. The molecule has 0 fully saturated rings. The fourth-order valence-corrected chi connectivity index (χ4v) is 1.64. The molecule has 5 heteroatoms. The number of carbonyl (C=O) groups is 2. The molecule has 1 rings (SSSR count). The molecule has 0 radical (unpaired) electrons. The van der Waals surface area contributed by atoms with Crippen molar-refractivity contribution in [2.24, 2.45) is 0 Å². The highest BCUT2D eigenvalue weighted by Crippen LogP contribution is 2.14. The minimum Gasteiger partial charge on any atom is -0.481 e. The molecule has 0 aliphatic heterocycles. The van der Waals surface area contributed by atoms with E-state index >= 15 is 0 Å². The number of carboxylic acids is 1. The van der Waals surface area contributed by atoms with Crippen LogP contribution in [-0.4, -0.2) is 41.1 Å². The second-order valence-corrected chi connectivity index (χ2v) is 4.32. The van der Waals surface area contributed by atoms with Crippen LogP contribution in [0.2, 0.25) is 0 Å². The first-order chi connectivity index (χ1) is 8.93. The third kappa shape index (κ3) is 4.62. The fourth-order valence-electron chi connectivity index (χ4n) is 1.64. The molecular weight excluding hydrogens is 246 g/mol. The summed E-state index contributed by atoms with van der Waals surface area (Å²) in [6, 6.07) is 7.35. The first-order valence-electron chi connectivity index (χ1n) is 6.18. The van der Waals surface area contributed by atoms with E-state index in [-0.39, 0.29) is 12.5 Å². The maximum atomic E-state index is 12.0. The topological polar surface area (TPSA) is 66.8 Å². The summed E-state index contributed by atoms with van der Waals surface area (Å²) in [5.74, 6) is -0.763. The standard InChI is InChI=1S/C14H19NO4/c1-4-15(9-13(16)17)14(18)11(3)19-12-7-5-10(2)6-8-12/h5-8,11H,4,9H2,1-3H3,(H,16,17). The zero-order valence-electron chi connectivity index (χ0n) is 11.4. The van der Waals surface area contributed by atoms with E-state index in [9.17, 15) is 9.59 Å².